The van der Waals surface area contributed by atoms with E-state index in [1.165, 1.54) is 11.8 Å². The van der Waals surface area contributed by atoms with E-state index < -0.39 is 5.25 Å². The fourth-order valence-corrected chi connectivity index (χ4v) is 4.51. The van der Waals surface area contributed by atoms with Crippen LogP contribution in [0.5, 0.6) is 5.75 Å². The molecule has 0 aliphatic carbocycles. The predicted molar refractivity (Wildman–Crippen MR) is 118 cm³/mol. The van der Waals surface area contributed by atoms with Gasteiger partial charge < -0.3 is 10.1 Å². The van der Waals surface area contributed by atoms with Crippen molar-refractivity contribution in [2.75, 3.05) is 12.4 Å². The van der Waals surface area contributed by atoms with Crippen LogP contribution in [0.2, 0.25) is 0 Å². The summed E-state index contributed by atoms with van der Waals surface area (Å²) in [5.41, 5.74) is 1.53. The molecule has 0 aliphatic rings. The van der Waals surface area contributed by atoms with Gasteiger partial charge in [0.1, 0.15) is 11.0 Å². The molecular formula is C21H19N5O2S2. The third-order valence-electron chi connectivity index (χ3n) is 4.29. The van der Waals surface area contributed by atoms with E-state index in [2.05, 4.69) is 20.8 Å². The number of hydrogen-bond acceptors (Lipinski definition) is 7. The lowest BCUT2D eigenvalue weighted by atomic mass is 10.1. The summed E-state index contributed by atoms with van der Waals surface area (Å²) in [6, 6.07) is 20.9. The molecule has 0 spiro atoms. The van der Waals surface area contributed by atoms with Gasteiger partial charge in [0.25, 0.3) is 0 Å². The second-order valence-corrected chi connectivity index (χ2v) is 8.43. The molecule has 0 saturated heterocycles. The fraction of sp³-hybridized carbons (Fsp3) is 0.143. The standard InChI is InChI=1S/C21H19N5O2S2/c1-28-17-10-5-9-16(13-17)22-20(27)19(15-7-3-2-4-8-15)30-21-23-24-25-26(21)14-18-11-6-12-29-18/h2-13,19H,14H2,1H3,(H,22,27)/t19-/m0/s1. The van der Waals surface area contributed by atoms with E-state index in [0.29, 0.717) is 23.1 Å². The summed E-state index contributed by atoms with van der Waals surface area (Å²) in [4.78, 5) is 14.4. The highest BCUT2D eigenvalue weighted by Gasteiger charge is 2.25. The predicted octanol–water partition coefficient (Wildman–Crippen LogP) is 4.26. The van der Waals surface area contributed by atoms with Crippen LogP contribution in [0, 0.1) is 0 Å². The van der Waals surface area contributed by atoms with Gasteiger partial charge in [-0.25, -0.2) is 4.68 Å². The smallest absolute Gasteiger partial charge is 0.242 e. The minimum absolute atomic E-state index is 0.162. The number of aromatic nitrogens is 4. The number of carbonyl (C=O) groups excluding carboxylic acids is 1. The molecule has 0 bridgehead atoms. The number of anilines is 1. The Kier molecular flexibility index (Phi) is 6.41. The Morgan fingerprint density at radius 2 is 2.03 bits per heavy atom. The minimum Gasteiger partial charge on any atom is -0.497 e. The number of carbonyl (C=O) groups is 1. The normalized spacial score (nSPS) is 11.8. The molecular weight excluding hydrogens is 418 g/mol. The Labute approximate surface area is 182 Å². The summed E-state index contributed by atoms with van der Waals surface area (Å²) < 4.78 is 6.96. The van der Waals surface area contributed by atoms with Crippen molar-refractivity contribution in [2.45, 2.75) is 17.0 Å². The number of tetrazole rings is 1. The minimum atomic E-state index is -0.523. The van der Waals surface area contributed by atoms with Crippen LogP contribution in [0.4, 0.5) is 5.69 Å². The summed E-state index contributed by atoms with van der Waals surface area (Å²) in [5.74, 6) is 0.515. The highest BCUT2D eigenvalue weighted by atomic mass is 32.2. The molecule has 0 fully saturated rings. The zero-order valence-corrected chi connectivity index (χ0v) is 17.8. The highest BCUT2D eigenvalue weighted by molar-refractivity contribution is 8.00. The molecule has 30 heavy (non-hydrogen) atoms. The number of thiophene rings is 1. The Balaban J connectivity index is 1.58. The molecule has 4 aromatic rings. The van der Waals surface area contributed by atoms with Crippen LogP contribution in [0.15, 0.2) is 77.3 Å². The molecule has 1 amide bonds. The molecule has 9 heteroatoms. The summed E-state index contributed by atoms with van der Waals surface area (Å²) in [6.45, 7) is 0.562. The summed E-state index contributed by atoms with van der Waals surface area (Å²) in [7, 11) is 1.59. The highest BCUT2D eigenvalue weighted by Crippen LogP contribution is 2.35. The number of thioether (sulfide) groups is 1. The van der Waals surface area contributed by atoms with Gasteiger partial charge in [-0.2, -0.15) is 0 Å². The molecule has 152 valence electrons. The summed E-state index contributed by atoms with van der Waals surface area (Å²) in [6.07, 6.45) is 0. The van der Waals surface area contributed by atoms with Crippen molar-refractivity contribution in [3.63, 3.8) is 0 Å². The van der Waals surface area contributed by atoms with Gasteiger partial charge in [0.2, 0.25) is 11.1 Å². The Morgan fingerprint density at radius 3 is 2.80 bits per heavy atom. The number of benzene rings is 2. The first-order chi connectivity index (χ1) is 14.7. The van der Waals surface area contributed by atoms with Gasteiger partial charge in [0, 0.05) is 16.6 Å². The maximum absolute atomic E-state index is 13.2. The van der Waals surface area contributed by atoms with Crippen molar-refractivity contribution < 1.29 is 9.53 Å². The molecule has 1 N–H and O–H groups in total. The zero-order chi connectivity index (χ0) is 20.8. The molecule has 0 saturated carbocycles. The first kappa shape index (κ1) is 20.1. The number of hydrogen-bond donors (Lipinski definition) is 1. The van der Waals surface area contributed by atoms with Gasteiger partial charge >= 0.3 is 0 Å². The van der Waals surface area contributed by atoms with Gasteiger partial charge in [0.15, 0.2) is 0 Å². The number of ether oxygens (including phenoxy) is 1. The molecule has 1 atom stereocenters. The third kappa shape index (κ3) is 4.87. The van der Waals surface area contributed by atoms with Gasteiger partial charge in [-0.3, -0.25) is 4.79 Å². The molecule has 2 aromatic heterocycles. The van der Waals surface area contributed by atoms with Crippen LogP contribution < -0.4 is 10.1 Å². The number of rotatable bonds is 8. The molecule has 0 aliphatic heterocycles. The monoisotopic (exact) mass is 437 g/mol. The van der Waals surface area contributed by atoms with Gasteiger partial charge in [-0.15, -0.1) is 16.4 Å². The average molecular weight is 438 g/mol. The molecule has 4 rings (SSSR count). The number of amides is 1. The van der Waals surface area contributed by atoms with E-state index in [4.69, 9.17) is 4.74 Å². The van der Waals surface area contributed by atoms with E-state index in [0.717, 1.165) is 10.4 Å². The Hall–Kier alpha value is -3.17. The van der Waals surface area contributed by atoms with Crippen LogP contribution in [0.3, 0.4) is 0 Å². The summed E-state index contributed by atoms with van der Waals surface area (Å²) in [5, 5.41) is 17.1. The Bertz CT molecular complexity index is 1100. The van der Waals surface area contributed by atoms with E-state index in [9.17, 15) is 4.79 Å². The van der Waals surface area contributed by atoms with E-state index in [1.807, 2.05) is 66.0 Å². The molecule has 2 heterocycles. The lowest BCUT2D eigenvalue weighted by molar-refractivity contribution is -0.115. The maximum Gasteiger partial charge on any atom is 0.242 e. The second kappa shape index (κ2) is 9.55. The van der Waals surface area contributed by atoms with Crippen LogP contribution in [0.25, 0.3) is 0 Å². The van der Waals surface area contributed by atoms with E-state index >= 15 is 0 Å². The lowest BCUT2D eigenvalue weighted by Crippen LogP contribution is -2.19. The van der Waals surface area contributed by atoms with Crippen molar-refractivity contribution in [3.8, 4) is 5.75 Å². The van der Waals surface area contributed by atoms with Gasteiger partial charge in [0.05, 0.1) is 13.7 Å². The van der Waals surface area contributed by atoms with Crippen molar-refractivity contribution in [2.24, 2.45) is 0 Å². The van der Waals surface area contributed by atoms with Crippen LogP contribution in [-0.4, -0.2) is 33.2 Å². The number of methoxy groups -OCH3 is 1. The molecule has 0 unspecified atom stereocenters. The van der Waals surface area contributed by atoms with Gasteiger partial charge in [-0.05, 0) is 39.6 Å². The van der Waals surface area contributed by atoms with Crippen LogP contribution in [-0.2, 0) is 11.3 Å². The molecule has 0 radical (unpaired) electrons. The van der Waals surface area contributed by atoms with Crippen molar-refractivity contribution in [1.82, 2.24) is 20.2 Å². The van der Waals surface area contributed by atoms with Crippen molar-refractivity contribution in [1.29, 1.82) is 0 Å². The quantitative estimate of drug-likeness (QED) is 0.415. The average Bonchev–Trinajstić information content (AvgIpc) is 3.45. The molecule has 2 aromatic carbocycles. The van der Waals surface area contributed by atoms with E-state index in [-0.39, 0.29) is 5.91 Å². The van der Waals surface area contributed by atoms with Crippen LogP contribution >= 0.6 is 23.1 Å². The first-order valence-corrected chi connectivity index (χ1v) is 10.9. The van der Waals surface area contributed by atoms with Crippen molar-refractivity contribution in [3.05, 3.63) is 82.6 Å². The lowest BCUT2D eigenvalue weighted by Gasteiger charge is -2.17. The number of nitrogens with one attached hydrogen (secondary N) is 1. The van der Waals surface area contributed by atoms with Crippen LogP contribution in [0.1, 0.15) is 15.7 Å². The largest absolute Gasteiger partial charge is 0.497 e. The Morgan fingerprint density at radius 1 is 1.17 bits per heavy atom. The second-order valence-electron chi connectivity index (χ2n) is 6.33. The van der Waals surface area contributed by atoms with Crippen molar-refractivity contribution >= 4 is 34.7 Å². The van der Waals surface area contributed by atoms with Gasteiger partial charge in [-0.1, -0.05) is 54.2 Å². The topological polar surface area (TPSA) is 81.9 Å². The zero-order valence-electron chi connectivity index (χ0n) is 16.1. The van der Waals surface area contributed by atoms with E-state index in [1.54, 1.807) is 29.2 Å². The first-order valence-electron chi connectivity index (χ1n) is 9.18. The maximum atomic E-state index is 13.2. The molecule has 7 nitrogen and oxygen atoms in total. The SMILES string of the molecule is COc1cccc(NC(=O)[C@@H](Sc2nnnn2Cc2cccs2)c2ccccc2)c1. The number of nitrogens with zero attached hydrogens (tertiary/aromatic N) is 4. The third-order valence-corrected chi connectivity index (χ3v) is 6.37. The summed E-state index contributed by atoms with van der Waals surface area (Å²) >= 11 is 2.96. The fourth-order valence-electron chi connectivity index (χ4n) is 2.85.